The summed E-state index contributed by atoms with van der Waals surface area (Å²) in [6, 6.07) is 7.30. The van der Waals surface area contributed by atoms with Crippen LogP contribution < -0.4 is 5.32 Å². The van der Waals surface area contributed by atoms with Gasteiger partial charge in [0.25, 0.3) is 0 Å². The summed E-state index contributed by atoms with van der Waals surface area (Å²) in [5.74, 6) is 1.35. The lowest BCUT2D eigenvalue weighted by molar-refractivity contribution is 0.0881. The number of rotatable bonds is 4. The Morgan fingerprint density at radius 3 is 2.35 bits per heavy atom. The van der Waals surface area contributed by atoms with Crippen LogP contribution in [0.25, 0.3) is 0 Å². The topological polar surface area (TPSA) is 12.0 Å². The summed E-state index contributed by atoms with van der Waals surface area (Å²) >= 11 is 0. The van der Waals surface area contributed by atoms with Crippen molar-refractivity contribution < 1.29 is 4.39 Å². The molecule has 0 heterocycles. The van der Waals surface area contributed by atoms with E-state index in [9.17, 15) is 4.39 Å². The van der Waals surface area contributed by atoms with Crippen LogP contribution in [-0.2, 0) is 5.41 Å². The van der Waals surface area contributed by atoms with Gasteiger partial charge < -0.3 is 5.32 Å². The predicted octanol–water partition coefficient (Wildman–Crippen LogP) is 4.52. The van der Waals surface area contributed by atoms with E-state index in [4.69, 9.17) is 0 Å². The zero-order chi connectivity index (χ0) is 15.0. The van der Waals surface area contributed by atoms with Crippen LogP contribution in [0.4, 0.5) is 4.39 Å². The highest BCUT2D eigenvalue weighted by Crippen LogP contribution is 2.51. The van der Waals surface area contributed by atoms with E-state index in [1.54, 1.807) is 12.1 Å². The smallest absolute Gasteiger partial charge is 0.127 e. The second kappa shape index (κ2) is 5.48. The lowest BCUT2D eigenvalue weighted by atomic mass is 9.55. The molecule has 2 heteroatoms. The number of halogens is 1. The first-order chi connectivity index (χ1) is 9.23. The third kappa shape index (κ3) is 3.22. The predicted molar refractivity (Wildman–Crippen MR) is 83.4 cm³/mol. The molecular formula is C18H28FN. The second-order valence-corrected chi connectivity index (χ2v) is 7.78. The fraction of sp³-hybridized carbons (Fsp3) is 0.667. The molecule has 0 bridgehead atoms. The lowest BCUT2D eigenvalue weighted by Crippen LogP contribution is -2.53. The molecule has 0 aliphatic heterocycles. The molecule has 1 aromatic rings. The van der Waals surface area contributed by atoms with Gasteiger partial charge in [0, 0.05) is 17.5 Å². The van der Waals surface area contributed by atoms with Gasteiger partial charge in [0.1, 0.15) is 5.82 Å². The highest BCUT2D eigenvalue weighted by molar-refractivity contribution is 5.31. The fourth-order valence-electron chi connectivity index (χ4n) is 3.20. The average molecular weight is 277 g/mol. The Hall–Kier alpha value is -0.890. The average Bonchev–Trinajstić information content (AvgIpc) is 2.27. The quantitative estimate of drug-likeness (QED) is 0.853. The Morgan fingerprint density at radius 2 is 1.85 bits per heavy atom. The van der Waals surface area contributed by atoms with E-state index in [0.717, 1.165) is 30.9 Å². The Balaban J connectivity index is 2.21. The summed E-state index contributed by atoms with van der Waals surface area (Å²) in [6.07, 6.45) is 2.18. The van der Waals surface area contributed by atoms with Crippen LogP contribution in [0.2, 0.25) is 0 Å². The van der Waals surface area contributed by atoms with Gasteiger partial charge in [-0.2, -0.15) is 0 Å². The molecule has 20 heavy (non-hydrogen) atoms. The standard InChI is InChI=1S/C18H28FN/c1-13(2)14-10-18(11-14,12-20-17(3,4)5)15-8-6-7-9-16(15)19/h6-9,13-14,20H,10-12H2,1-5H3. The molecular weight excluding hydrogens is 249 g/mol. The first kappa shape index (κ1) is 15.5. The van der Waals surface area contributed by atoms with E-state index in [1.165, 1.54) is 0 Å². The molecule has 0 amide bonds. The van der Waals surface area contributed by atoms with Crippen molar-refractivity contribution in [3.8, 4) is 0 Å². The maximum Gasteiger partial charge on any atom is 0.127 e. The molecule has 1 aromatic carbocycles. The summed E-state index contributed by atoms with van der Waals surface area (Å²) in [5, 5.41) is 3.58. The van der Waals surface area contributed by atoms with Crippen LogP contribution in [0.15, 0.2) is 24.3 Å². The zero-order valence-corrected chi connectivity index (χ0v) is 13.5. The minimum atomic E-state index is -0.0505. The van der Waals surface area contributed by atoms with Crippen molar-refractivity contribution in [2.75, 3.05) is 6.54 Å². The summed E-state index contributed by atoms with van der Waals surface area (Å²) < 4.78 is 14.2. The fourth-order valence-corrected chi connectivity index (χ4v) is 3.20. The van der Waals surface area contributed by atoms with Crippen LogP contribution >= 0.6 is 0 Å². The third-order valence-electron chi connectivity index (χ3n) is 4.65. The molecule has 0 radical (unpaired) electrons. The molecule has 0 aromatic heterocycles. The largest absolute Gasteiger partial charge is 0.311 e. The second-order valence-electron chi connectivity index (χ2n) is 7.78. The molecule has 0 spiro atoms. The van der Waals surface area contributed by atoms with Gasteiger partial charge in [-0.3, -0.25) is 0 Å². The number of hydrogen-bond acceptors (Lipinski definition) is 1. The van der Waals surface area contributed by atoms with Crippen LogP contribution in [0.5, 0.6) is 0 Å². The van der Waals surface area contributed by atoms with Crippen molar-refractivity contribution >= 4 is 0 Å². The zero-order valence-electron chi connectivity index (χ0n) is 13.5. The van der Waals surface area contributed by atoms with E-state index in [-0.39, 0.29) is 16.8 Å². The van der Waals surface area contributed by atoms with Gasteiger partial charge in [0.05, 0.1) is 0 Å². The summed E-state index contributed by atoms with van der Waals surface area (Å²) in [4.78, 5) is 0. The number of benzene rings is 1. The molecule has 0 unspecified atom stereocenters. The van der Waals surface area contributed by atoms with Gasteiger partial charge in [0.15, 0.2) is 0 Å². The lowest BCUT2D eigenvalue weighted by Gasteiger charge is -2.51. The first-order valence-electron chi connectivity index (χ1n) is 7.74. The molecule has 0 saturated heterocycles. The van der Waals surface area contributed by atoms with E-state index in [2.05, 4.69) is 39.9 Å². The van der Waals surface area contributed by atoms with Crippen molar-refractivity contribution in [2.45, 2.75) is 58.4 Å². The highest BCUT2D eigenvalue weighted by Gasteiger charge is 2.47. The van der Waals surface area contributed by atoms with Crippen LogP contribution in [0.3, 0.4) is 0 Å². The van der Waals surface area contributed by atoms with Crippen molar-refractivity contribution in [3.05, 3.63) is 35.6 Å². The van der Waals surface area contributed by atoms with Crippen molar-refractivity contribution in [3.63, 3.8) is 0 Å². The van der Waals surface area contributed by atoms with Gasteiger partial charge in [0.2, 0.25) is 0 Å². The summed E-state index contributed by atoms with van der Waals surface area (Å²) in [7, 11) is 0. The monoisotopic (exact) mass is 277 g/mol. The van der Waals surface area contributed by atoms with Gasteiger partial charge in [-0.15, -0.1) is 0 Å². The molecule has 1 N–H and O–H groups in total. The van der Waals surface area contributed by atoms with Gasteiger partial charge >= 0.3 is 0 Å². The molecule has 1 fully saturated rings. The number of hydrogen-bond donors (Lipinski definition) is 1. The number of nitrogens with one attached hydrogen (secondary N) is 1. The minimum Gasteiger partial charge on any atom is -0.311 e. The summed E-state index contributed by atoms with van der Waals surface area (Å²) in [6.45, 7) is 11.9. The van der Waals surface area contributed by atoms with E-state index < -0.39 is 0 Å². The maximum atomic E-state index is 14.2. The van der Waals surface area contributed by atoms with Crippen LogP contribution in [0.1, 0.15) is 53.0 Å². The highest BCUT2D eigenvalue weighted by atomic mass is 19.1. The third-order valence-corrected chi connectivity index (χ3v) is 4.65. The van der Waals surface area contributed by atoms with Crippen molar-refractivity contribution in [1.29, 1.82) is 0 Å². The van der Waals surface area contributed by atoms with Gasteiger partial charge in [-0.05, 0) is 57.1 Å². The van der Waals surface area contributed by atoms with E-state index in [1.807, 2.05) is 12.1 Å². The van der Waals surface area contributed by atoms with E-state index >= 15 is 0 Å². The Labute approximate surface area is 123 Å². The Kier molecular flexibility index (Phi) is 4.24. The van der Waals surface area contributed by atoms with Crippen molar-refractivity contribution in [2.24, 2.45) is 11.8 Å². The van der Waals surface area contributed by atoms with Crippen LogP contribution in [0, 0.1) is 17.7 Å². The molecule has 1 aliphatic rings. The van der Waals surface area contributed by atoms with Crippen molar-refractivity contribution in [1.82, 2.24) is 5.32 Å². The maximum absolute atomic E-state index is 14.2. The molecule has 1 nitrogen and oxygen atoms in total. The van der Waals surface area contributed by atoms with Crippen LogP contribution in [-0.4, -0.2) is 12.1 Å². The molecule has 1 saturated carbocycles. The summed E-state index contributed by atoms with van der Waals surface area (Å²) in [5.41, 5.74) is 0.947. The minimum absolute atomic E-state index is 0.0203. The normalized spacial score (nSPS) is 26.6. The SMILES string of the molecule is CC(C)C1CC(CNC(C)(C)C)(c2ccccc2F)C1. The molecule has 0 atom stereocenters. The Bertz CT molecular complexity index is 453. The Morgan fingerprint density at radius 1 is 1.25 bits per heavy atom. The van der Waals surface area contributed by atoms with Gasteiger partial charge in [-0.25, -0.2) is 4.39 Å². The molecule has 1 aliphatic carbocycles. The van der Waals surface area contributed by atoms with E-state index in [0.29, 0.717) is 5.92 Å². The molecule has 2 rings (SSSR count). The first-order valence-corrected chi connectivity index (χ1v) is 7.74. The van der Waals surface area contributed by atoms with Gasteiger partial charge in [-0.1, -0.05) is 32.0 Å². The molecule has 112 valence electrons.